The van der Waals surface area contributed by atoms with Crippen LogP contribution >= 0.6 is 12.4 Å². The van der Waals surface area contributed by atoms with E-state index in [1.807, 2.05) is 24.3 Å². The molecule has 94 valence electrons. The highest BCUT2D eigenvalue weighted by Crippen LogP contribution is 2.40. The summed E-state index contributed by atoms with van der Waals surface area (Å²) in [4.78, 5) is 11.6. The van der Waals surface area contributed by atoms with Crippen LogP contribution in [-0.2, 0) is 4.74 Å². The molecule has 0 saturated carbocycles. The van der Waals surface area contributed by atoms with Crippen LogP contribution < -0.4 is 0 Å². The van der Waals surface area contributed by atoms with Crippen molar-refractivity contribution in [2.75, 3.05) is 0 Å². The number of fused-ring (bicyclic) bond motifs is 1. The maximum Gasteiger partial charge on any atom is 0.339 e. The predicted molar refractivity (Wildman–Crippen MR) is 70.5 cm³/mol. The molecule has 1 heterocycles. The highest BCUT2D eigenvalue weighted by molar-refractivity contribution is 5.93. The smallest absolute Gasteiger partial charge is 0.339 e. The van der Waals surface area contributed by atoms with Gasteiger partial charge in [-0.15, -0.1) is 12.4 Å². The first kappa shape index (κ1) is 14.0. The Labute approximate surface area is 109 Å². The molecule has 0 N–H and O–H groups in total. The monoisotopic (exact) mass is 254 g/mol. The van der Waals surface area contributed by atoms with Crippen LogP contribution in [0, 0.1) is 5.41 Å². The zero-order chi connectivity index (χ0) is 11.8. The maximum absolute atomic E-state index is 11.6. The van der Waals surface area contributed by atoms with E-state index in [4.69, 9.17) is 4.74 Å². The van der Waals surface area contributed by atoms with Gasteiger partial charge in [0.2, 0.25) is 0 Å². The molecule has 2 rings (SSSR count). The molecular formula is C14H19ClO2. The van der Waals surface area contributed by atoms with Crippen LogP contribution in [0.2, 0.25) is 0 Å². The summed E-state index contributed by atoms with van der Waals surface area (Å²) in [5.74, 6) is -0.174. The first-order valence-corrected chi connectivity index (χ1v) is 5.83. The normalized spacial score (nSPS) is 18.3. The molecule has 0 bridgehead atoms. The molecule has 2 nitrogen and oxygen atoms in total. The summed E-state index contributed by atoms with van der Waals surface area (Å²) in [6, 6.07) is 7.69. The summed E-state index contributed by atoms with van der Waals surface area (Å²) in [6.45, 7) is 6.59. The van der Waals surface area contributed by atoms with Gasteiger partial charge in [0.05, 0.1) is 5.56 Å². The lowest BCUT2D eigenvalue weighted by Crippen LogP contribution is -2.15. The average molecular weight is 255 g/mol. The summed E-state index contributed by atoms with van der Waals surface area (Å²) >= 11 is 0. The number of benzene rings is 1. The Balaban J connectivity index is 0.00000144. The Kier molecular flexibility index (Phi) is 4.21. The molecule has 1 aliphatic rings. The number of hydrogen-bond donors (Lipinski definition) is 0. The van der Waals surface area contributed by atoms with Crippen molar-refractivity contribution < 1.29 is 9.53 Å². The number of rotatable bonds is 3. The van der Waals surface area contributed by atoms with Crippen LogP contribution in [-0.4, -0.2) is 5.97 Å². The molecule has 0 fully saturated rings. The van der Waals surface area contributed by atoms with E-state index in [0.717, 1.165) is 24.0 Å². The van der Waals surface area contributed by atoms with Gasteiger partial charge in [-0.25, -0.2) is 4.79 Å². The number of esters is 1. The highest BCUT2D eigenvalue weighted by Gasteiger charge is 2.34. The van der Waals surface area contributed by atoms with Crippen LogP contribution in [0.25, 0.3) is 0 Å². The highest BCUT2D eigenvalue weighted by atomic mass is 35.5. The number of cyclic esters (lactones) is 1. The van der Waals surface area contributed by atoms with E-state index in [-0.39, 0.29) is 29.9 Å². The van der Waals surface area contributed by atoms with E-state index in [1.165, 1.54) is 0 Å². The fourth-order valence-electron chi connectivity index (χ4n) is 2.02. The van der Waals surface area contributed by atoms with Crippen molar-refractivity contribution >= 4 is 18.4 Å². The summed E-state index contributed by atoms with van der Waals surface area (Å²) in [6.07, 6.45) is 1.92. The van der Waals surface area contributed by atoms with Crippen molar-refractivity contribution in [3.8, 4) is 0 Å². The predicted octanol–water partition coefficient (Wildman–Crippen LogP) is 4.15. The van der Waals surface area contributed by atoms with Gasteiger partial charge in [0, 0.05) is 5.56 Å². The third kappa shape index (κ3) is 2.81. The Bertz CT molecular complexity index is 412. The van der Waals surface area contributed by atoms with Crippen LogP contribution in [0.15, 0.2) is 24.3 Å². The Morgan fingerprint density at radius 3 is 2.59 bits per heavy atom. The van der Waals surface area contributed by atoms with Crippen LogP contribution in [0.5, 0.6) is 0 Å². The van der Waals surface area contributed by atoms with E-state index in [9.17, 15) is 4.79 Å². The van der Waals surface area contributed by atoms with Gasteiger partial charge in [0.15, 0.2) is 0 Å². The van der Waals surface area contributed by atoms with Crippen molar-refractivity contribution in [3.63, 3.8) is 0 Å². The summed E-state index contributed by atoms with van der Waals surface area (Å²) in [7, 11) is 0. The van der Waals surface area contributed by atoms with Gasteiger partial charge in [-0.05, 0) is 17.9 Å². The van der Waals surface area contributed by atoms with E-state index >= 15 is 0 Å². The molecule has 1 atom stereocenters. The van der Waals surface area contributed by atoms with Gasteiger partial charge in [0.1, 0.15) is 6.10 Å². The molecule has 0 radical (unpaired) electrons. The molecule has 1 aromatic carbocycles. The summed E-state index contributed by atoms with van der Waals surface area (Å²) in [5.41, 5.74) is 2.00. The molecule has 0 amide bonds. The zero-order valence-electron chi connectivity index (χ0n) is 10.5. The SMILES string of the molecule is CCC(C)(C)CC1OC(=O)c2ccccc21.Cl. The number of hydrogen-bond acceptors (Lipinski definition) is 2. The van der Waals surface area contributed by atoms with E-state index < -0.39 is 0 Å². The minimum Gasteiger partial charge on any atom is -0.454 e. The number of halogens is 1. The van der Waals surface area contributed by atoms with E-state index in [1.54, 1.807) is 0 Å². The van der Waals surface area contributed by atoms with Crippen molar-refractivity contribution in [3.05, 3.63) is 35.4 Å². The van der Waals surface area contributed by atoms with Gasteiger partial charge in [-0.3, -0.25) is 0 Å². The van der Waals surface area contributed by atoms with Gasteiger partial charge in [-0.2, -0.15) is 0 Å². The molecule has 1 unspecified atom stereocenters. The minimum atomic E-state index is -0.174. The topological polar surface area (TPSA) is 26.3 Å². The molecule has 1 aliphatic heterocycles. The van der Waals surface area contributed by atoms with Crippen LogP contribution in [0.3, 0.4) is 0 Å². The number of carbonyl (C=O) groups is 1. The van der Waals surface area contributed by atoms with Crippen molar-refractivity contribution in [1.29, 1.82) is 0 Å². The molecule has 0 spiro atoms. The van der Waals surface area contributed by atoms with E-state index in [2.05, 4.69) is 20.8 Å². The third-order valence-corrected chi connectivity index (χ3v) is 3.47. The largest absolute Gasteiger partial charge is 0.454 e. The Hall–Kier alpha value is -1.02. The molecule has 3 heteroatoms. The van der Waals surface area contributed by atoms with E-state index in [0.29, 0.717) is 0 Å². The second-order valence-electron chi connectivity index (χ2n) is 5.20. The molecule has 17 heavy (non-hydrogen) atoms. The summed E-state index contributed by atoms with van der Waals surface area (Å²) < 4.78 is 5.43. The number of carbonyl (C=O) groups excluding carboxylic acids is 1. The fraction of sp³-hybridized carbons (Fsp3) is 0.500. The Morgan fingerprint density at radius 2 is 1.94 bits per heavy atom. The Morgan fingerprint density at radius 1 is 1.29 bits per heavy atom. The van der Waals surface area contributed by atoms with Crippen molar-refractivity contribution in [2.45, 2.75) is 39.7 Å². The second-order valence-corrected chi connectivity index (χ2v) is 5.20. The first-order valence-electron chi connectivity index (χ1n) is 5.83. The van der Waals surface area contributed by atoms with Gasteiger partial charge in [-0.1, -0.05) is 45.4 Å². The maximum atomic E-state index is 11.6. The van der Waals surface area contributed by atoms with Gasteiger partial charge < -0.3 is 4.74 Å². The van der Waals surface area contributed by atoms with Crippen LogP contribution in [0.1, 0.15) is 55.6 Å². The third-order valence-electron chi connectivity index (χ3n) is 3.47. The zero-order valence-corrected chi connectivity index (χ0v) is 11.3. The number of ether oxygens (including phenoxy) is 1. The quantitative estimate of drug-likeness (QED) is 0.758. The molecule has 1 aromatic rings. The lowest BCUT2D eigenvalue weighted by molar-refractivity contribution is 0.0277. The molecule has 0 aromatic heterocycles. The molecule has 0 saturated heterocycles. The van der Waals surface area contributed by atoms with Crippen molar-refractivity contribution in [1.82, 2.24) is 0 Å². The second kappa shape index (κ2) is 5.09. The summed E-state index contributed by atoms with van der Waals surface area (Å²) in [5, 5.41) is 0. The lowest BCUT2D eigenvalue weighted by Gasteiger charge is -2.25. The standard InChI is InChI=1S/C14H18O2.ClH/c1-4-14(2,3)9-12-10-7-5-6-8-11(10)13(15)16-12;/h5-8,12H,4,9H2,1-3H3;1H. The van der Waals surface area contributed by atoms with Gasteiger partial charge in [0.25, 0.3) is 0 Å². The van der Waals surface area contributed by atoms with Gasteiger partial charge >= 0.3 is 5.97 Å². The lowest BCUT2D eigenvalue weighted by atomic mass is 9.82. The molecular weight excluding hydrogens is 236 g/mol. The van der Waals surface area contributed by atoms with Crippen molar-refractivity contribution in [2.24, 2.45) is 5.41 Å². The minimum absolute atomic E-state index is 0. The average Bonchev–Trinajstić information content (AvgIpc) is 2.56. The first-order chi connectivity index (χ1) is 7.53. The van der Waals surface area contributed by atoms with Crippen LogP contribution in [0.4, 0.5) is 0 Å². The fourth-order valence-corrected chi connectivity index (χ4v) is 2.02. The molecule has 0 aliphatic carbocycles.